The second-order valence-corrected chi connectivity index (χ2v) is 4.75. The highest BCUT2D eigenvalue weighted by atomic mass is 16.5. The number of ether oxygens (including phenoxy) is 1. The van der Waals surface area contributed by atoms with E-state index in [-0.39, 0.29) is 5.75 Å². The van der Waals surface area contributed by atoms with Crippen LogP contribution < -0.4 is 4.74 Å². The molecule has 5 nitrogen and oxygen atoms in total. The van der Waals surface area contributed by atoms with E-state index >= 15 is 0 Å². The van der Waals surface area contributed by atoms with Gasteiger partial charge in [0.15, 0.2) is 11.6 Å². The minimum Gasteiger partial charge on any atom is -0.508 e. The average Bonchev–Trinajstić information content (AvgIpc) is 2.96. The molecular formula is C16H15N3O2. The fraction of sp³-hybridized carbons (Fsp3) is 0.125. The summed E-state index contributed by atoms with van der Waals surface area (Å²) in [6.07, 6.45) is 0. The van der Waals surface area contributed by atoms with Crippen molar-refractivity contribution in [2.75, 3.05) is 0 Å². The van der Waals surface area contributed by atoms with E-state index in [1.807, 2.05) is 31.2 Å². The van der Waals surface area contributed by atoms with Crippen LogP contribution in [0.15, 0.2) is 48.5 Å². The predicted octanol–water partition coefficient (Wildman–Crippen LogP) is 3.06. The van der Waals surface area contributed by atoms with Crippen molar-refractivity contribution in [1.29, 1.82) is 0 Å². The van der Waals surface area contributed by atoms with Crippen LogP contribution in [-0.4, -0.2) is 20.3 Å². The van der Waals surface area contributed by atoms with Gasteiger partial charge in [-0.3, -0.25) is 5.10 Å². The Morgan fingerprint density at radius 2 is 1.76 bits per heavy atom. The standard InChI is InChI=1S/C16H15N3O2/c1-11-2-8-14(9-3-11)21-10-15-17-16(19-18-15)12-4-6-13(20)7-5-12/h2-9,20H,10H2,1H3,(H,17,18,19). The lowest BCUT2D eigenvalue weighted by molar-refractivity contribution is 0.296. The van der Waals surface area contributed by atoms with Gasteiger partial charge in [0, 0.05) is 5.56 Å². The number of aromatic hydroxyl groups is 1. The molecule has 0 fully saturated rings. The van der Waals surface area contributed by atoms with Gasteiger partial charge in [-0.2, -0.15) is 5.10 Å². The zero-order valence-corrected chi connectivity index (χ0v) is 11.6. The number of phenols is 1. The Kier molecular flexibility index (Phi) is 3.55. The lowest BCUT2D eigenvalue weighted by Crippen LogP contribution is -1.97. The molecule has 0 spiro atoms. The van der Waals surface area contributed by atoms with Gasteiger partial charge in [-0.25, -0.2) is 4.98 Å². The molecule has 0 aliphatic heterocycles. The van der Waals surface area contributed by atoms with Crippen molar-refractivity contribution in [3.8, 4) is 22.9 Å². The van der Waals surface area contributed by atoms with Gasteiger partial charge in [-0.05, 0) is 43.3 Å². The van der Waals surface area contributed by atoms with Crippen molar-refractivity contribution in [3.05, 3.63) is 59.9 Å². The molecule has 1 aromatic heterocycles. The van der Waals surface area contributed by atoms with Crippen LogP contribution >= 0.6 is 0 Å². The fourth-order valence-corrected chi connectivity index (χ4v) is 1.89. The first kappa shape index (κ1) is 13.2. The number of aromatic nitrogens is 3. The van der Waals surface area contributed by atoms with E-state index in [1.54, 1.807) is 24.3 Å². The first-order chi connectivity index (χ1) is 10.2. The molecule has 5 heteroatoms. The van der Waals surface area contributed by atoms with Gasteiger partial charge in [0.25, 0.3) is 0 Å². The topological polar surface area (TPSA) is 71.0 Å². The molecule has 0 amide bonds. The lowest BCUT2D eigenvalue weighted by Gasteiger charge is -2.03. The van der Waals surface area contributed by atoms with Crippen LogP contribution in [0.3, 0.4) is 0 Å². The van der Waals surface area contributed by atoms with Crippen molar-refractivity contribution < 1.29 is 9.84 Å². The van der Waals surface area contributed by atoms with Gasteiger partial charge in [0.2, 0.25) is 0 Å². The second-order valence-electron chi connectivity index (χ2n) is 4.75. The van der Waals surface area contributed by atoms with E-state index in [4.69, 9.17) is 4.74 Å². The van der Waals surface area contributed by atoms with Crippen molar-refractivity contribution in [3.63, 3.8) is 0 Å². The molecule has 21 heavy (non-hydrogen) atoms. The molecule has 2 aromatic carbocycles. The predicted molar refractivity (Wildman–Crippen MR) is 79.0 cm³/mol. The third-order valence-corrected chi connectivity index (χ3v) is 3.05. The number of aryl methyl sites for hydroxylation is 1. The van der Waals surface area contributed by atoms with Gasteiger partial charge in [0.1, 0.15) is 18.1 Å². The van der Waals surface area contributed by atoms with Gasteiger partial charge in [-0.15, -0.1) is 0 Å². The monoisotopic (exact) mass is 281 g/mol. The quantitative estimate of drug-likeness (QED) is 0.771. The van der Waals surface area contributed by atoms with Gasteiger partial charge in [0.05, 0.1) is 0 Å². The molecule has 106 valence electrons. The second kappa shape index (κ2) is 5.66. The van der Waals surface area contributed by atoms with Crippen LogP contribution in [0, 0.1) is 6.92 Å². The molecule has 0 aliphatic rings. The van der Waals surface area contributed by atoms with Gasteiger partial charge in [-0.1, -0.05) is 17.7 Å². The smallest absolute Gasteiger partial charge is 0.181 e. The van der Waals surface area contributed by atoms with Crippen molar-refractivity contribution in [2.24, 2.45) is 0 Å². The molecule has 0 bridgehead atoms. The summed E-state index contributed by atoms with van der Waals surface area (Å²) < 4.78 is 5.64. The first-order valence-corrected chi connectivity index (χ1v) is 6.61. The lowest BCUT2D eigenvalue weighted by atomic mass is 10.2. The number of H-pyrrole nitrogens is 1. The Hall–Kier alpha value is -2.82. The number of nitrogens with zero attached hydrogens (tertiary/aromatic N) is 2. The molecule has 2 N–H and O–H groups in total. The van der Waals surface area contributed by atoms with Crippen LogP contribution in [0.5, 0.6) is 11.5 Å². The van der Waals surface area contributed by atoms with Crippen LogP contribution in [0.2, 0.25) is 0 Å². The number of hydrogen-bond donors (Lipinski definition) is 2. The third kappa shape index (κ3) is 3.20. The SMILES string of the molecule is Cc1ccc(OCc2nc(-c3ccc(O)cc3)n[nH]2)cc1. The first-order valence-electron chi connectivity index (χ1n) is 6.61. The molecule has 1 heterocycles. The maximum atomic E-state index is 9.27. The molecule has 3 rings (SSSR count). The molecule has 0 aliphatic carbocycles. The zero-order chi connectivity index (χ0) is 14.7. The number of nitrogens with one attached hydrogen (secondary N) is 1. The summed E-state index contributed by atoms with van der Waals surface area (Å²) in [5.41, 5.74) is 2.03. The van der Waals surface area contributed by atoms with Gasteiger partial charge < -0.3 is 9.84 Å². The highest BCUT2D eigenvalue weighted by Crippen LogP contribution is 2.18. The summed E-state index contributed by atoms with van der Waals surface area (Å²) in [4.78, 5) is 4.37. The molecule has 0 unspecified atom stereocenters. The number of rotatable bonds is 4. The van der Waals surface area contributed by atoms with E-state index < -0.39 is 0 Å². The molecule has 0 radical (unpaired) electrons. The zero-order valence-electron chi connectivity index (χ0n) is 11.6. The average molecular weight is 281 g/mol. The summed E-state index contributed by atoms with van der Waals surface area (Å²) in [6.45, 7) is 2.36. The maximum absolute atomic E-state index is 9.27. The van der Waals surface area contributed by atoms with E-state index in [0.717, 1.165) is 11.3 Å². The minimum atomic E-state index is 0.220. The minimum absolute atomic E-state index is 0.220. The highest BCUT2D eigenvalue weighted by Gasteiger charge is 2.06. The maximum Gasteiger partial charge on any atom is 0.181 e. The van der Waals surface area contributed by atoms with Crippen molar-refractivity contribution in [1.82, 2.24) is 15.2 Å². The summed E-state index contributed by atoms with van der Waals surface area (Å²) >= 11 is 0. The van der Waals surface area contributed by atoms with Crippen molar-refractivity contribution >= 4 is 0 Å². The Labute approximate surface area is 122 Å². The summed E-state index contributed by atoms with van der Waals surface area (Å²) in [7, 11) is 0. The molecular weight excluding hydrogens is 266 g/mol. The van der Waals surface area contributed by atoms with E-state index in [1.165, 1.54) is 5.56 Å². The molecule has 0 saturated heterocycles. The Morgan fingerprint density at radius 3 is 2.48 bits per heavy atom. The molecule has 3 aromatic rings. The number of aromatic amines is 1. The largest absolute Gasteiger partial charge is 0.508 e. The van der Waals surface area contributed by atoms with E-state index in [0.29, 0.717) is 18.3 Å². The Morgan fingerprint density at radius 1 is 1.05 bits per heavy atom. The van der Waals surface area contributed by atoms with Crippen LogP contribution in [-0.2, 0) is 6.61 Å². The third-order valence-electron chi connectivity index (χ3n) is 3.05. The molecule has 0 saturated carbocycles. The summed E-state index contributed by atoms with van der Waals surface area (Å²) in [5.74, 6) is 2.25. The van der Waals surface area contributed by atoms with Crippen LogP contribution in [0.1, 0.15) is 11.4 Å². The van der Waals surface area contributed by atoms with Gasteiger partial charge >= 0.3 is 0 Å². The fourth-order valence-electron chi connectivity index (χ4n) is 1.89. The normalized spacial score (nSPS) is 10.5. The number of hydrogen-bond acceptors (Lipinski definition) is 4. The summed E-state index contributed by atoms with van der Waals surface area (Å²) in [5, 5.41) is 16.3. The van der Waals surface area contributed by atoms with Crippen molar-refractivity contribution in [2.45, 2.75) is 13.5 Å². The molecule has 0 atom stereocenters. The Balaban J connectivity index is 1.67. The summed E-state index contributed by atoms with van der Waals surface area (Å²) in [6, 6.07) is 14.6. The van der Waals surface area contributed by atoms with Crippen LogP contribution in [0.4, 0.5) is 0 Å². The highest BCUT2D eigenvalue weighted by molar-refractivity contribution is 5.55. The number of benzene rings is 2. The Bertz CT molecular complexity index is 718. The van der Waals surface area contributed by atoms with E-state index in [9.17, 15) is 5.11 Å². The van der Waals surface area contributed by atoms with E-state index in [2.05, 4.69) is 15.2 Å². The van der Waals surface area contributed by atoms with Crippen LogP contribution in [0.25, 0.3) is 11.4 Å². The number of phenolic OH excluding ortho intramolecular Hbond substituents is 1.